The Balaban J connectivity index is 1.30. The first kappa shape index (κ1) is 28.9. The number of piperazine rings is 1. The molecule has 0 saturated carbocycles. The lowest BCUT2D eigenvalue weighted by Crippen LogP contribution is -2.61. The van der Waals surface area contributed by atoms with E-state index in [9.17, 15) is 9.18 Å². The number of carbonyl (C=O) groups excluding carboxylic acids is 1. The third-order valence-electron chi connectivity index (χ3n) is 7.99. The van der Waals surface area contributed by atoms with Gasteiger partial charge in [-0.2, -0.15) is 5.11 Å². The maximum Gasteiger partial charge on any atom is 0.290 e. The number of carbonyl (C=O) groups is 1. The number of halogens is 2. The Morgan fingerprint density at radius 2 is 1.86 bits per heavy atom. The highest BCUT2D eigenvalue weighted by molar-refractivity contribution is 6.30. The number of aryl methyl sites for hydroxylation is 1. The van der Waals surface area contributed by atoms with Gasteiger partial charge in [0, 0.05) is 36.8 Å². The minimum absolute atomic E-state index is 0.0495. The molecule has 9 nitrogen and oxygen atoms in total. The molecule has 1 fully saturated rings. The van der Waals surface area contributed by atoms with Gasteiger partial charge in [0.05, 0.1) is 21.9 Å². The van der Waals surface area contributed by atoms with E-state index in [4.69, 9.17) is 26.0 Å². The summed E-state index contributed by atoms with van der Waals surface area (Å²) in [5, 5.41) is 11.9. The average Bonchev–Trinajstić information content (AvgIpc) is 3.63. The van der Waals surface area contributed by atoms with E-state index < -0.39 is 11.4 Å². The molecule has 11 heteroatoms. The van der Waals surface area contributed by atoms with Crippen LogP contribution in [0, 0.1) is 12.7 Å². The van der Waals surface area contributed by atoms with E-state index >= 15 is 0 Å². The molecule has 0 spiro atoms. The van der Waals surface area contributed by atoms with Crippen LogP contribution >= 0.6 is 11.6 Å². The fourth-order valence-corrected chi connectivity index (χ4v) is 5.79. The fourth-order valence-electron chi connectivity index (χ4n) is 5.67. The summed E-state index contributed by atoms with van der Waals surface area (Å²) in [4.78, 5) is 27.7. The molecule has 0 atom stereocenters. The molecule has 0 aliphatic carbocycles. The average molecular weight is 602 g/mol. The number of fused-ring (bicyclic) bond motifs is 1. The lowest BCUT2D eigenvalue weighted by atomic mass is 9.86. The van der Waals surface area contributed by atoms with Crippen molar-refractivity contribution in [2.75, 3.05) is 31.1 Å². The van der Waals surface area contributed by atoms with E-state index in [2.05, 4.69) is 41.1 Å². The number of amides is 1. The molecule has 1 saturated heterocycles. The summed E-state index contributed by atoms with van der Waals surface area (Å²) in [5.74, 6) is 0.321. The van der Waals surface area contributed by atoms with E-state index in [1.54, 1.807) is 12.1 Å². The number of pyridine rings is 2. The molecule has 0 radical (unpaired) electrons. The van der Waals surface area contributed by atoms with Gasteiger partial charge in [0.2, 0.25) is 0 Å². The smallest absolute Gasteiger partial charge is 0.290 e. The molecular weight excluding hydrogens is 569 g/mol. The second kappa shape index (κ2) is 10.5. The van der Waals surface area contributed by atoms with Gasteiger partial charge in [-0.05, 0) is 61.2 Å². The van der Waals surface area contributed by atoms with Crippen LogP contribution in [0.15, 0.2) is 62.3 Å². The highest BCUT2D eigenvalue weighted by Gasteiger charge is 2.39. The van der Waals surface area contributed by atoms with Gasteiger partial charge >= 0.3 is 0 Å². The zero-order valence-electron chi connectivity index (χ0n) is 25.1. The standard InChI is InChI=1S/C32H33ClFN7O2/c1-18-7-10-27(37-28(18)25-16-35-39-38-25)40-11-12-41(32(5,6)17-40)30(42)26-15-24-29(43-26)20(31(2,3)4)14-23(36-24)19-8-9-21(33)22(34)13-19/h7-10,13-15H,11-12,16-17H2,1-6H3. The van der Waals surface area contributed by atoms with Gasteiger partial charge in [0.15, 0.2) is 11.3 Å². The number of nitrogens with zero attached hydrogens (tertiary/aromatic N) is 7. The monoisotopic (exact) mass is 601 g/mol. The predicted molar refractivity (Wildman–Crippen MR) is 166 cm³/mol. The number of hydrogen-bond acceptors (Lipinski definition) is 8. The zero-order chi connectivity index (χ0) is 30.7. The molecule has 0 unspecified atom stereocenters. The molecule has 0 bridgehead atoms. The Bertz CT molecular complexity index is 1820. The molecule has 1 aromatic carbocycles. The Morgan fingerprint density at radius 1 is 1.07 bits per heavy atom. The Labute approximate surface area is 254 Å². The van der Waals surface area contributed by atoms with Gasteiger partial charge in [0.25, 0.3) is 5.91 Å². The number of rotatable bonds is 4. The lowest BCUT2D eigenvalue weighted by molar-refractivity contribution is 0.0483. The van der Waals surface area contributed by atoms with Crippen LogP contribution in [-0.2, 0) is 5.41 Å². The number of benzene rings is 1. The Kier molecular flexibility index (Phi) is 7.07. The molecule has 1 amide bonds. The van der Waals surface area contributed by atoms with Crippen LogP contribution in [0.5, 0.6) is 0 Å². The maximum atomic E-state index is 14.3. The van der Waals surface area contributed by atoms with Crippen molar-refractivity contribution < 1.29 is 13.6 Å². The van der Waals surface area contributed by atoms with E-state index in [0.717, 1.165) is 28.4 Å². The second-order valence-electron chi connectivity index (χ2n) is 12.7. The van der Waals surface area contributed by atoms with Crippen LogP contribution in [0.1, 0.15) is 62.0 Å². The summed E-state index contributed by atoms with van der Waals surface area (Å²) < 4.78 is 20.6. The van der Waals surface area contributed by atoms with E-state index in [1.165, 1.54) is 12.1 Å². The number of hydrogen-bond donors (Lipinski definition) is 0. The van der Waals surface area contributed by atoms with Crippen LogP contribution in [0.25, 0.3) is 22.4 Å². The highest BCUT2D eigenvalue weighted by Crippen LogP contribution is 2.36. The summed E-state index contributed by atoms with van der Waals surface area (Å²) in [5.41, 5.74) is 4.86. The topological polar surface area (TPSA) is 99.5 Å². The number of aromatic nitrogens is 2. The van der Waals surface area contributed by atoms with Crippen LogP contribution in [-0.4, -0.2) is 58.2 Å². The van der Waals surface area contributed by atoms with Crippen molar-refractivity contribution in [1.29, 1.82) is 0 Å². The molecule has 0 N–H and O–H groups in total. The first-order valence-electron chi connectivity index (χ1n) is 14.2. The summed E-state index contributed by atoms with van der Waals surface area (Å²) in [6, 6.07) is 12.2. The van der Waals surface area contributed by atoms with Crippen LogP contribution in [0.3, 0.4) is 0 Å². The third kappa shape index (κ3) is 5.40. The Morgan fingerprint density at radius 3 is 2.53 bits per heavy atom. The third-order valence-corrected chi connectivity index (χ3v) is 8.30. The molecule has 2 aliphatic heterocycles. The number of anilines is 1. The van der Waals surface area contributed by atoms with Gasteiger partial charge in [-0.25, -0.2) is 14.4 Å². The first-order chi connectivity index (χ1) is 20.3. The van der Waals surface area contributed by atoms with Gasteiger partial charge < -0.3 is 14.2 Å². The minimum Gasteiger partial charge on any atom is -0.449 e. The van der Waals surface area contributed by atoms with Crippen molar-refractivity contribution in [1.82, 2.24) is 14.9 Å². The summed E-state index contributed by atoms with van der Waals surface area (Å²) in [6.45, 7) is 14.4. The SMILES string of the molecule is Cc1ccc(N2CCN(C(=O)c3cc4nc(-c5ccc(Cl)c(F)c5)cc(C(C)(C)C)c4o3)C(C)(C)C2)nc1C1=NN=NC1. The Hall–Kier alpha value is -4.18. The largest absolute Gasteiger partial charge is 0.449 e. The van der Waals surface area contributed by atoms with Crippen molar-refractivity contribution >= 4 is 40.1 Å². The summed E-state index contributed by atoms with van der Waals surface area (Å²) in [6.07, 6.45) is 0. The van der Waals surface area contributed by atoms with E-state index in [1.807, 2.05) is 43.9 Å². The number of furan rings is 1. The van der Waals surface area contributed by atoms with E-state index in [-0.39, 0.29) is 22.1 Å². The molecule has 43 heavy (non-hydrogen) atoms. The molecule has 222 valence electrons. The van der Waals surface area contributed by atoms with Crippen molar-refractivity contribution in [3.8, 4) is 11.3 Å². The van der Waals surface area contributed by atoms with Gasteiger partial charge in [-0.15, -0.1) is 5.10 Å². The van der Waals surface area contributed by atoms with Crippen LogP contribution < -0.4 is 4.90 Å². The molecule has 5 heterocycles. The molecule has 2 aliphatic rings. The van der Waals surface area contributed by atoms with Crippen molar-refractivity contribution in [2.45, 2.75) is 52.5 Å². The predicted octanol–water partition coefficient (Wildman–Crippen LogP) is 7.20. The van der Waals surface area contributed by atoms with Crippen LogP contribution in [0.4, 0.5) is 10.2 Å². The second-order valence-corrected chi connectivity index (χ2v) is 13.1. The molecule has 4 aromatic rings. The molecular formula is C32H33ClFN7O2. The molecule has 6 rings (SSSR count). The highest BCUT2D eigenvalue weighted by atomic mass is 35.5. The maximum absolute atomic E-state index is 14.3. The summed E-state index contributed by atoms with van der Waals surface area (Å²) in [7, 11) is 0. The normalized spacial score (nSPS) is 16.7. The quantitative estimate of drug-likeness (QED) is 0.246. The molecule has 3 aromatic heterocycles. The minimum atomic E-state index is -0.525. The fraction of sp³-hybridized carbons (Fsp3) is 0.375. The summed E-state index contributed by atoms with van der Waals surface area (Å²) >= 11 is 5.92. The zero-order valence-corrected chi connectivity index (χ0v) is 25.8. The van der Waals surface area contributed by atoms with Crippen LogP contribution in [0.2, 0.25) is 5.02 Å². The van der Waals surface area contributed by atoms with E-state index in [0.29, 0.717) is 48.5 Å². The van der Waals surface area contributed by atoms with Gasteiger partial charge in [0.1, 0.15) is 29.4 Å². The van der Waals surface area contributed by atoms with Gasteiger partial charge in [-0.1, -0.05) is 44.5 Å². The van der Waals surface area contributed by atoms with Crippen molar-refractivity contribution in [3.05, 3.63) is 75.9 Å². The van der Waals surface area contributed by atoms with Crippen molar-refractivity contribution in [3.63, 3.8) is 0 Å². The van der Waals surface area contributed by atoms with Crippen molar-refractivity contribution in [2.24, 2.45) is 15.4 Å². The lowest BCUT2D eigenvalue weighted by Gasteiger charge is -2.47. The van der Waals surface area contributed by atoms with Gasteiger partial charge in [-0.3, -0.25) is 4.79 Å². The first-order valence-corrected chi connectivity index (χ1v) is 14.6.